The van der Waals surface area contributed by atoms with Crippen LogP contribution in [0.25, 0.3) is 0 Å². The van der Waals surface area contributed by atoms with Crippen LogP contribution < -0.4 is 5.32 Å². The highest BCUT2D eigenvalue weighted by molar-refractivity contribution is 7.91. The number of rotatable bonds is 5. The van der Waals surface area contributed by atoms with Gasteiger partial charge in [0, 0.05) is 25.7 Å². The van der Waals surface area contributed by atoms with Crippen LogP contribution in [0.2, 0.25) is 0 Å². The van der Waals surface area contributed by atoms with Crippen LogP contribution in [-0.2, 0) is 21.7 Å². The number of hydrogen-bond acceptors (Lipinski definition) is 6. The van der Waals surface area contributed by atoms with Crippen LogP contribution in [-0.4, -0.2) is 64.8 Å². The van der Waals surface area contributed by atoms with Gasteiger partial charge in [0.25, 0.3) is 5.91 Å². The molecule has 1 aliphatic rings. The fraction of sp³-hybridized carbons (Fsp3) is 0.412. The maximum absolute atomic E-state index is 12.6. The Balaban J connectivity index is 1.52. The molecule has 0 bridgehead atoms. The number of nitrogens with zero attached hydrogens (tertiary/aromatic N) is 4. The van der Waals surface area contributed by atoms with E-state index in [0.29, 0.717) is 31.5 Å². The Hall–Kier alpha value is -2.75. The van der Waals surface area contributed by atoms with Crippen molar-refractivity contribution in [3.8, 4) is 0 Å². The summed E-state index contributed by atoms with van der Waals surface area (Å²) in [6.07, 6.45) is 2.00. The molecule has 144 valence electrons. The van der Waals surface area contributed by atoms with Gasteiger partial charge in [-0.25, -0.2) is 8.42 Å². The molecule has 0 atom stereocenters. The molecule has 1 aromatic carbocycles. The molecule has 2 amide bonds. The van der Waals surface area contributed by atoms with Crippen molar-refractivity contribution in [2.75, 3.05) is 19.6 Å². The van der Waals surface area contributed by atoms with Crippen molar-refractivity contribution < 1.29 is 18.0 Å². The third-order valence-electron chi connectivity index (χ3n) is 4.59. The first kappa shape index (κ1) is 19.0. The molecule has 1 N–H and O–H groups in total. The van der Waals surface area contributed by atoms with E-state index in [4.69, 9.17) is 0 Å². The average molecular weight is 391 g/mol. The van der Waals surface area contributed by atoms with Crippen LogP contribution in [0, 0.1) is 0 Å². The van der Waals surface area contributed by atoms with Crippen molar-refractivity contribution in [3.05, 3.63) is 42.2 Å². The SMILES string of the molecule is Cn1cnnc1S(=O)(=O)C1CCN(C(=O)CNC(=O)c2ccccc2)CC1. The van der Waals surface area contributed by atoms with E-state index in [1.54, 1.807) is 42.3 Å². The van der Waals surface area contributed by atoms with E-state index >= 15 is 0 Å². The third kappa shape index (κ3) is 4.16. The fourth-order valence-corrected chi connectivity index (χ4v) is 4.79. The van der Waals surface area contributed by atoms with Crippen molar-refractivity contribution in [1.82, 2.24) is 25.0 Å². The van der Waals surface area contributed by atoms with Crippen molar-refractivity contribution >= 4 is 21.7 Å². The molecule has 1 aliphatic heterocycles. The lowest BCUT2D eigenvalue weighted by Crippen LogP contribution is -2.46. The lowest BCUT2D eigenvalue weighted by atomic mass is 10.1. The van der Waals surface area contributed by atoms with Crippen molar-refractivity contribution in [3.63, 3.8) is 0 Å². The van der Waals surface area contributed by atoms with Gasteiger partial charge in [0.1, 0.15) is 6.33 Å². The van der Waals surface area contributed by atoms with E-state index in [1.165, 1.54) is 10.9 Å². The Morgan fingerprint density at radius 1 is 1.19 bits per heavy atom. The molecule has 0 radical (unpaired) electrons. The van der Waals surface area contributed by atoms with Gasteiger partial charge in [0.05, 0.1) is 11.8 Å². The number of sulfone groups is 1. The van der Waals surface area contributed by atoms with Crippen LogP contribution >= 0.6 is 0 Å². The van der Waals surface area contributed by atoms with Gasteiger partial charge in [0.15, 0.2) is 0 Å². The predicted octanol–water partition coefficient (Wildman–Crippen LogP) is 0.00980. The summed E-state index contributed by atoms with van der Waals surface area (Å²) in [5.41, 5.74) is 0.485. The molecule has 0 aliphatic carbocycles. The van der Waals surface area contributed by atoms with Crippen LogP contribution in [0.3, 0.4) is 0 Å². The first-order valence-electron chi connectivity index (χ1n) is 8.58. The number of nitrogens with one attached hydrogen (secondary N) is 1. The van der Waals surface area contributed by atoms with Gasteiger partial charge < -0.3 is 14.8 Å². The minimum Gasteiger partial charge on any atom is -0.343 e. The van der Waals surface area contributed by atoms with Gasteiger partial charge in [-0.1, -0.05) is 18.2 Å². The zero-order valence-corrected chi connectivity index (χ0v) is 15.7. The maximum Gasteiger partial charge on any atom is 0.251 e. The van der Waals surface area contributed by atoms with Crippen molar-refractivity contribution in [2.45, 2.75) is 23.2 Å². The molecule has 1 aromatic heterocycles. The molecule has 1 saturated heterocycles. The summed E-state index contributed by atoms with van der Waals surface area (Å²) >= 11 is 0. The number of amides is 2. The van der Waals surface area contributed by atoms with Gasteiger partial charge >= 0.3 is 0 Å². The van der Waals surface area contributed by atoms with E-state index in [0.717, 1.165) is 0 Å². The lowest BCUT2D eigenvalue weighted by Gasteiger charge is -2.31. The number of likely N-dealkylation sites (tertiary alicyclic amines) is 1. The predicted molar refractivity (Wildman–Crippen MR) is 96.6 cm³/mol. The van der Waals surface area contributed by atoms with E-state index in [9.17, 15) is 18.0 Å². The standard InChI is InChI=1S/C17H21N5O4S/c1-21-12-19-20-17(21)27(25,26)14-7-9-22(10-8-14)15(23)11-18-16(24)13-5-3-2-4-6-13/h2-6,12,14H,7-11H2,1H3,(H,18,24). The molecule has 0 saturated carbocycles. The number of aryl methyl sites for hydroxylation is 1. The average Bonchev–Trinajstić information content (AvgIpc) is 3.13. The van der Waals surface area contributed by atoms with E-state index < -0.39 is 15.1 Å². The molecule has 9 nitrogen and oxygen atoms in total. The van der Waals surface area contributed by atoms with Crippen LogP contribution in [0.5, 0.6) is 0 Å². The molecule has 0 unspecified atom stereocenters. The number of carbonyl (C=O) groups excluding carboxylic acids is 2. The summed E-state index contributed by atoms with van der Waals surface area (Å²) in [5, 5.41) is 9.26. The normalized spacial score (nSPS) is 15.5. The van der Waals surface area contributed by atoms with Gasteiger partial charge in [-0.2, -0.15) is 0 Å². The van der Waals surface area contributed by atoms with Crippen molar-refractivity contribution in [2.24, 2.45) is 7.05 Å². The Labute approximate surface area is 157 Å². The molecule has 10 heteroatoms. The summed E-state index contributed by atoms with van der Waals surface area (Å²) in [7, 11) is -1.99. The zero-order valence-electron chi connectivity index (χ0n) is 14.9. The summed E-state index contributed by atoms with van der Waals surface area (Å²) < 4.78 is 26.6. The van der Waals surface area contributed by atoms with E-state index in [1.807, 2.05) is 0 Å². The maximum atomic E-state index is 12.6. The number of aromatic nitrogens is 3. The fourth-order valence-electron chi connectivity index (χ4n) is 3.05. The third-order valence-corrected chi connectivity index (χ3v) is 6.82. The number of carbonyl (C=O) groups is 2. The molecule has 3 rings (SSSR count). The molecular formula is C17H21N5O4S. The molecule has 27 heavy (non-hydrogen) atoms. The molecule has 2 heterocycles. The van der Waals surface area contributed by atoms with E-state index in [2.05, 4.69) is 15.5 Å². The first-order valence-corrected chi connectivity index (χ1v) is 10.1. The Morgan fingerprint density at radius 3 is 2.44 bits per heavy atom. The lowest BCUT2D eigenvalue weighted by molar-refractivity contribution is -0.130. The van der Waals surface area contributed by atoms with Gasteiger partial charge in [-0.05, 0) is 25.0 Å². The molecular weight excluding hydrogens is 370 g/mol. The molecule has 0 spiro atoms. The first-order chi connectivity index (χ1) is 12.9. The number of piperidine rings is 1. The quantitative estimate of drug-likeness (QED) is 0.768. The van der Waals surface area contributed by atoms with E-state index in [-0.39, 0.29) is 23.5 Å². The number of hydrogen-bond donors (Lipinski definition) is 1. The largest absolute Gasteiger partial charge is 0.343 e. The van der Waals surface area contributed by atoms with Crippen LogP contribution in [0.1, 0.15) is 23.2 Å². The summed E-state index contributed by atoms with van der Waals surface area (Å²) in [5.74, 6) is -0.544. The monoisotopic (exact) mass is 391 g/mol. The highest BCUT2D eigenvalue weighted by Gasteiger charge is 2.35. The van der Waals surface area contributed by atoms with Crippen LogP contribution in [0.15, 0.2) is 41.8 Å². The summed E-state index contributed by atoms with van der Waals surface area (Å²) in [6.45, 7) is 0.526. The minimum atomic E-state index is -3.58. The zero-order chi connectivity index (χ0) is 19.4. The Bertz CT molecular complexity index is 918. The van der Waals surface area contributed by atoms with Crippen LogP contribution in [0.4, 0.5) is 0 Å². The highest BCUT2D eigenvalue weighted by Crippen LogP contribution is 2.23. The topological polar surface area (TPSA) is 114 Å². The number of benzene rings is 1. The highest BCUT2D eigenvalue weighted by atomic mass is 32.2. The second kappa shape index (κ2) is 7.87. The second-order valence-corrected chi connectivity index (χ2v) is 8.52. The minimum absolute atomic E-state index is 0.0533. The molecule has 1 fully saturated rings. The van der Waals surface area contributed by atoms with Gasteiger partial charge in [-0.3, -0.25) is 9.59 Å². The van der Waals surface area contributed by atoms with Crippen molar-refractivity contribution in [1.29, 1.82) is 0 Å². The molecule has 2 aromatic rings. The second-order valence-electron chi connectivity index (χ2n) is 6.40. The summed E-state index contributed by atoms with van der Waals surface area (Å²) in [4.78, 5) is 25.9. The van der Waals surface area contributed by atoms with Gasteiger partial charge in [-0.15, -0.1) is 10.2 Å². The Morgan fingerprint density at radius 2 is 1.85 bits per heavy atom. The Kier molecular flexibility index (Phi) is 5.54. The van der Waals surface area contributed by atoms with Gasteiger partial charge in [0.2, 0.25) is 20.9 Å². The summed E-state index contributed by atoms with van der Waals surface area (Å²) in [6, 6.07) is 8.64. The smallest absolute Gasteiger partial charge is 0.251 e.